The highest BCUT2D eigenvalue weighted by Gasteiger charge is 2.37. The number of hydrogen-bond donors (Lipinski definition) is 1. The molecule has 1 N–H and O–H groups in total. The number of aliphatic hydroxyl groups is 1. The molecule has 0 aromatic heterocycles. The van der Waals surface area contributed by atoms with Gasteiger partial charge in [-0.3, -0.25) is 4.79 Å². The van der Waals surface area contributed by atoms with Gasteiger partial charge < -0.3 is 14.7 Å². The number of hydrogen-bond acceptors (Lipinski definition) is 3. The van der Waals surface area contributed by atoms with Crippen LogP contribution in [0.2, 0.25) is 0 Å². The van der Waals surface area contributed by atoms with E-state index in [1.54, 1.807) is 6.92 Å². The van der Waals surface area contributed by atoms with Gasteiger partial charge in [0.25, 0.3) is 5.91 Å². The number of aliphatic hydroxyl groups excluding tert-OH is 1. The molecule has 0 saturated carbocycles. The fourth-order valence-corrected chi connectivity index (χ4v) is 2.57. The molecule has 92 valence electrons. The highest BCUT2D eigenvalue weighted by Crippen LogP contribution is 2.26. The van der Waals surface area contributed by atoms with Crippen molar-refractivity contribution in [1.82, 2.24) is 4.90 Å². The van der Waals surface area contributed by atoms with Gasteiger partial charge >= 0.3 is 0 Å². The Hall–Kier alpha value is -0.610. The second-order valence-corrected chi connectivity index (χ2v) is 5.13. The molecule has 16 heavy (non-hydrogen) atoms. The predicted molar refractivity (Wildman–Crippen MR) is 59.9 cm³/mol. The summed E-state index contributed by atoms with van der Waals surface area (Å²) in [6.07, 6.45) is 1.32. The van der Waals surface area contributed by atoms with Crippen LogP contribution in [0.25, 0.3) is 0 Å². The number of carbonyl (C=O) groups is 1. The molecular formula is C12H21NO3. The molecule has 0 spiro atoms. The van der Waals surface area contributed by atoms with Crippen LogP contribution in [-0.4, -0.2) is 47.8 Å². The van der Waals surface area contributed by atoms with Gasteiger partial charge in [-0.1, -0.05) is 6.92 Å². The Morgan fingerprint density at radius 1 is 1.50 bits per heavy atom. The molecule has 0 aromatic carbocycles. The molecule has 4 nitrogen and oxygen atoms in total. The van der Waals surface area contributed by atoms with Gasteiger partial charge in [0, 0.05) is 25.6 Å². The van der Waals surface area contributed by atoms with Crippen molar-refractivity contribution in [2.75, 3.05) is 19.7 Å². The van der Waals surface area contributed by atoms with E-state index in [1.165, 1.54) is 0 Å². The lowest BCUT2D eigenvalue weighted by molar-refractivity contribution is -0.141. The molecule has 2 saturated heterocycles. The summed E-state index contributed by atoms with van der Waals surface area (Å²) in [5.41, 5.74) is 0. The topological polar surface area (TPSA) is 49.8 Å². The monoisotopic (exact) mass is 227 g/mol. The summed E-state index contributed by atoms with van der Waals surface area (Å²) in [7, 11) is 0. The molecule has 0 radical (unpaired) electrons. The molecule has 1 amide bonds. The van der Waals surface area contributed by atoms with E-state index in [9.17, 15) is 9.90 Å². The molecule has 2 aliphatic heterocycles. The highest BCUT2D eigenvalue weighted by molar-refractivity contribution is 5.81. The Bertz CT molecular complexity index is 267. The van der Waals surface area contributed by atoms with Gasteiger partial charge in [0.15, 0.2) is 0 Å². The van der Waals surface area contributed by atoms with Crippen LogP contribution >= 0.6 is 0 Å². The van der Waals surface area contributed by atoms with Gasteiger partial charge in [0.1, 0.15) is 6.10 Å². The van der Waals surface area contributed by atoms with E-state index in [2.05, 4.69) is 6.92 Å². The largest absolute Gasteiger partial charge is 0.393 e. The van der Waals surface area contributed by atoms with Crippen molar-refractivity contribution in [3.8, 4) is 0 Å². The highest BCUT2D eigenvalue weighted by atomic mass is 16.5. The predicted octanol–water partition coefficient (Wildman–Crippen LogP) is 0.641. The minimum atomic E-state index is -0.320. The number of ether oxygens (including phenoxy) is 1. The van der Waals surface area contributed by atoms with Gasteiger partial charge in [-0.05, 0) is 25.7 Å². The third-order valence-electron chi connectivity index (χ3n) is 3.85. The fourth-order valence-electron chi connectivity index (χ4n) is 2.57. The lowest BCUT2D eigenvalue weighted by atomic mass is 10.0. The van der Waals surface area contributed by atoms with Gasteiger partial charge in [0.05, 0.1) is 6.10 Å². The Morgan fingerprint density at radius 3 is 2.75 bits per heavy atom. The zero-order valence-corrected chi connectivity index (χ0v) is 10.1. The molecule has 4 heteroatoms. The van der Waals surface area contributed by atoms with Crippen LogP contribution in [0.3, 0.4) is 0 Å². The second-order valence-electron chi connectivity index (χ2n) is 5.13. The average molecular weight is 227 g/mol. The minimum Gasteiger partial charge on any atom is -0.393 e. The molecule has 0 bridgehead atoms. The quantitative estimate of drug-likeness (QED) is 0.753. The first-order valence-electron chi connectivity index (χ1n) is 6.18. The third-order valence-corrected chi connectivity index (χ3v) is 3.85. The van der Waals surface area contributed by atoms with Crippen molar-refractivity contribution in [3.63, 3.8) is 0 Å². The van der Waals surface area contributed by atoms with Crippen molar-refractivity contribution in [2.24, 2.45) is 11.8 Å². The Labute approximate surface area is 96.6 Å². The first kappa shape index (κ1) is 11.9. The lowest BCUT2D eigenvalue weighted by Gasteiger charge is -2.22. The molecular weight excluding hydrogens is 206 g/mol. The number of amides is 1. The van der Waals surface area contributed by atoms with Crippen LogP contribution in [-0.2, 0) is 9.53 Å². The van der Waals surface area contributed by atoms with Crippen LogP contribution in [0.5, 0.6) is 0 Å². The molecule has 2 aliphatic rings. The van der Waals surface area contributed by atoms with Crippen molar-refractivity contribution in [3.05, 3.63) is 0 Å². The summed E-state index contributed by atoms with van der Waals surface area (Å²) in [4.78, 5) is 14.0. The smallest absolute Gasteiger partial charge is 0.251 e. The first-order valence-corrected chi connectivity index (χ1v) is 6.18. The molecule has 4 unspecified atom stereocenters. The maximum Gasteiger partial charge on any atom is 0.251 e. The minimum absolute atomic E-state index is 0.119. The normalized spacial score (nSPS) is 36.7. The standard InChI is InChI=1S/C12H21NO3/c1-8-4-6-16-11(8)12(15)13-5-3-10(7-13)9(2)14/h8-11,14H,3-7H2,1-2H3. The summed E-state index contributed by atoms with van der Waals surface area (Å²) in [5, 5.41) is 9.50. The van der Waals surface area contributed by atoms with Crippen LogP contribution in [0.15, 0.2) is 0 Å². The maximum absolute atomic E-state index is 12.1. The van der Waals surface area contributed by atoms with E-state index in [1.807, 2.05) is 4.90 Å². The van der Waals surface area contributed by atoms with Crippen LogP contribution in [0, 0.1) is 11.8 Å². The summed E-state index contributed by atoms with van der Waals surface area (Å²) in [6, 6.07) is 0. The average Bonchev–Trinajstić information content (AvgIpc) is 2.84. The summed E-state index contributed by atoms with van der Waals surface area (Å²) >= 11 is 0. The lowest BCUT2D eigenvalue weighted by Crippen LogP contribution is -2.40. The zero-order valence-electron chi connectivity index (χ0n) is 10.1. The Kier molecular flexibility index (Phi) is 3.50. The summed E-state index contributed by atoms with van der Waals surface area (Å²) in [5.74, 6) is 0.687. The number of likely N-dealkylation sites (tertiary alicyclic amines) is 1. The Balaban J connectivity index is 1.91. The molecule has 2 heterocycles. The number of carbonyl (C=O) groups excluding carboxylic acids is 1. The van der Waals surface area contributed by atoms with Gasteiger partial charge in [-0.25, -0.2) is 0 Å². The van der Waals surface area contributed by atoms with Crippen molar-refractivity contribution < 1.29 is 14.6 Å². The van der Waals surface area contributed by atoms with E-state index >= 15 is 0 Å². The third kappa shape index (κ3) is 2.23. The van der Waals surface area contributed by atoms with Crippen LogP contribution in [0.4, 0.5) is 0 Å². The van der Waals surface area contributed by atoms with E-state index in [0.29, 0.717) is 19.1 Å². The number of nitrogens with zero attached hydrogens (tertiary/aromatic N) is 1. The van der Waals surface area contributed by atoms with E-state index in [4.69, 9.17) is 4.74 Å². The van der Waals surface area contributed by atoms with Crippen molar-refractivity contribution in [2.45, 2.75) is 38.9 Å². The zero-order chi connectivity index (χ0) is 11.7. The van der Waals surface area contributed by atoms with Gasteiger partial charge in [-0.15, -0.1) is 0 Å². The van der Waals surface area contributed by atoms with E-state index in [0.717, 1.165) is 19.4 Å². The second kappa shape index (κ2) is 4.72. The SMILES string of the molecule is CC(O)C1CCN(C(=O)C2OCCC2C)C1. The van der Waals surface area contributed by atoms with Crippen LogP contribution < -0.4 is 0 Å². The van der Waals surface area contributed by atoms with Crippen molar-refractivity contribution >= 4 is 5.91 Å². The molecule has 0 aliphatic carbocycles. The molecule has 4 atom stereocenters. The van der Waals surface area contributed by atoms with E-state index in [-0.39, 0.29) is 24.0 Å². The Morgan fingerprint density at radius 2 is 2.25 bits per heavy atom. The summed E-state index contributed by atoms with van der Waals surface area (Å²) < 4.78 is 5.48. The van der Waals surface area contributed by atoms with Gasteiger partial charge in [-0.2, -0.15) is 0 Å². The number of rotatable bonds is 2. The molecule has 2 rings (SSSR count). The van der Waals surface area contributed by atoms with Gasteiger partial charge in [0.2, 0.25) is 0 Å². The van der Waals surface area contributed by atoms with Crippen LogP contribution in [0.1, 0.15) is 26.7 Å². The summed E-state index contributed by atoms with van der Waals surface area (Å²) in [6.45, 7) is 6.01. The molecule has 2 fully saturated rings. The fraction of sp³-hybridized carbons (Fsp3) is 0.917. The van der Waals surface area contributed by atoms with E-state index < -0.39 is 0 Å². The van der Waals surface area contributed by atoms with Crippen molar-refractivity contribution in [1.29, 1.82) is 0 Å². The first-order chi connectivity index (χ1) is 7.59. The molecule has 0 aromatic rings. The maximum atomic E-state index is 12.1.